The van der Waals surface area contributed by atoms with Crippen LogP contribution in [-0.2, 0) is 0 Å². The van der Waals surface area contributed by atoms with Crippen LogP contribution in [0.5, 0.6) is 0 Å². The zero-order valence-corrected chi connectivity index (χ0v) is 15.6. The summed E-state index contributed by atoms with van der Waals surface area (Å²) in [6.07, 6.45) is 1.62. The summed E-state index contributed by atoms with van der Waals surface area (Å²) in [6.45, 7) is 4.24. The summed E-state index contributed by atoms with van der Waals surface area (Å²) in [5.41, 5.74) is 5.94. The molecule has 5 heteroatoms. The van der Waals surface area contributed by atoms with Gasteiger partial charge in [0.15, 0.2) is 0 Å². The molecule has 2 aromatic carbocycles. The van der Waals surface area contributed by atoms with Gasteiger partial charge < -0.3 is 5.32 Å². The molecule has 0 radical (unpaired) electrons. The normalized spacial score (nSPS) is 10.5. The van der Waals surface area contributed by atoms with Gasteiger partial charge in [-0.3, -0.25) is 0 Å². The van der Waals surface area contributed by atoms with Crippen LogP contribution in [0.15, 0.2) is 60.2 Å². The van der Waals surface area contributed by atoms with Crippen molar-refractivity contribution in [3.63, 3.8) is 0 Å². The van der Waals surface area contributed by atoms with Crippen molar-refractivity contribution in [3.05, 3.63) is 71.4 Å². The Kier molecular flexibility index (Phi) is 5.02. The highest BCUT2D eigenvalue weighted by atomic mass is 35.5. The lowest BCUT2D eigenvalue weighted by Gasteiger charge is -2.10. The highest BCUT2D eigenvalue weighted by molar-refractivity contribution is 7.17. The molecular weight excluding hydrogens is 350 g/mol. The molecule has 0 fully saturated rings. The number of anilines is 2. The van der Waals surface area contributed by atoms with Gasteiger partial charge in [-0.05, 0) is 42.7 Å². The number of aryl methyl sites for hydroxylation is 2. The Morgan fingerprint density at radius 2 is 1.72 bits per heavy atom. The predicted molar refractivity (Wildman–Crippen MR) is 109 cm³/mol. The zero-order chi connectivity index (χ0) is 16.5. The summed E-state index contributed by atoms with van der Waals surface area (Å²) in [7, 11) is 0. The lowest BCUT2D eigenvalue weighted by atomic mass is 10.1. The number of hydrogen-bond donors (Lipinski definition) is 1. The number of benzene rings is 2. The molecule has 4 aromatic rings. The second-order valence-corrected chi connectivity index (χ2v) is 6.70. The number of thiophene rings is 1. The van der Waals surface area contributed by atoms with Crippen molar-refractivity contribution in [2.75, 3.05) is 5.32 Å². The third-order valence-electron chi connectivity index (χ3n) is 4.22. The number of nitrogens with one attached hydrogen (secondary N) is 1. The molecule has 0 saturated heterocycles. The highest BCUT2D eigenvalue weighted by Gasteiger charge is 2.13. The Morgan fingerprint density at radius 1 is 0.920 bits per heavy atom. The van der Waals surface area contributed by atoms with Crippen LogP contribution in [0.25, 0.3) is 21.3 Å². The van der Waals surface area contributed by atoms with Crippen molar-refractivity contribution in [3.8, 4) is 11.1 Å². The molecule has 0 amide bonds. The molecule has 0 atom stereocenters. The number of hydrogen-bond acceptors (Lipinski definition) is 4. The van der Waals surface area contributed by atoms with Crippen molar-refractivity contribution < 1.29 is 0 Å². The van der Waals surface area contributed by atoms with E-state index in [1.54, 1.807) is 17.7 Å². The van der Waals surface area contributed by atoms with Crippen LogP contribution in [0.3, 0.4) is 0 Å². The van der Waals surface area contributed by atoms with Crippen molar-refractivity contribution in [1.29, 1.82) is 0 Å². The Morgan fingerprint density at radius 3 is 2.48 bits per heavy atom. The quantitative estimate of drug-likeness (QED) is 0.472. The van der Waals surface area contributed by atoms with E-state index >= 15 is 0 Å². The van der Waals surface area contributed by atoms with E-state index in [9.17, 15) is 0 Å². The molecule has 2 heterocycles. The summed E-state index contributed by atoms with van der Waals surface area (Å²) < 4.78 is 0. The molecule has 1 N–H and O–H groups in total. The summed E-state index contributed by atoms with van der Waals surface area (Å²) in [4.78, 5) is 9.92. The first-order chi connectivity index (χ1) is 11.7. The van der Waals surface area contributed by atoms with Crippen LogP contribution in [0.1, 0.15) is 11.1 Å². The number of aromatic nitrogens is 2. The van der Waals surface area contributed by atoms with E-state index in [-0.39, 0.29) is 12.4 Å². The summed E-state index contributed by atoms with van der Waals surface area (Å²) in [6, 6.07) is 16.7. The molecule has 0 spiro atoms. The number of rotatable bonds is 3. The Bertz CT molecular complexity index is 1010. The summed E-state index contributed by atoms with van der Waals surface area (Å²) in [5.74, 6) is 0.850. The largest absolute Gasteiger partial charge is 0.340 e. The van der Waals surface area contributed by atoms with Crippen LogP contribution in [0.2, 0.25) is 0 Å². The minimum atomic E-state index is 0. The Balaban J connectivity index is 0.00000182. The maximum Gasteiger partial charge on any atom is 0.143 e. The fourth-order valence-electron chi connectivity index (χ4n) is 2.76. The first-order valence-electron chi connectivity index (χ1n) is 7.84. The minimum absolute atomic E-state index is 0. The zero-order valence-electron chi connectivity index (χ0n) is 14.0. The SMILES string of the molecule is Cc1ccc(Nc2ncnc3scc(-c4ccccc4)c23)cc1C.Cl. The fraction of sp³-hybridized carbons (Fsp3) is 0.100. The van der Waals surface area contributed by atoms with E-state index in [0.717, 1.165) is 21.7 Å². The smallest absolute Gasteiger partial charge is 0.143 e. The topological polar surface area (TPSA) is 37.8 Å². The molecule has 0 aliphatic heterocycles. The highest BCUT2D eigenvalue weighted by Crippen LogP contribution is 2.37. The van der Waals surface area contributed by atoms with Gasteiger partial charge in [0.25, 0.3) is 0 Å². The standard InChI is InChI=1S/C20H17N3S.ClH/c1-13-8-9-16(10-14(13)2)23-19-18-17(15-6-4-3-5-7-15)11-24-20(18)22-12-21-19;/h3-12H,1-2H3,(H,21,22,23);1H. The average molecular weight is 368 g/mol. The van der Waals surface area contributed by atoms with E-state index < -0.39 is 0 Å². The van der Waals surface area contributed by atoms with E-state index in [2.05, 4.69) is 77.0 Å². The van der Waals surface area contributed by atoms with Crippen molar-refractivity contribution >= 4 is 45.5 Å². The third-order valence-corrected chi connectivity index (χ3v) is 5.11. The summed E-state index contributed by atoms with van der Waals surface area (Å²) >= 11 is 1.65. The molecule has 2 aromatic heterocycles. The van der Waals surface area contributed by atoms with Crippen LogP contribution >= 0.6 is 23.7 Å². The number of halogens is 1. The Labute approximate surface area is 157 Å². The van der Waals surface area contributed by atoms with E-state index in [1.807, 2.05) is 6.07 Å². The Hall–Kier alpha value is -2.43. The molecule has 0 bridgehead atoms. The second-order valence-electron chi connectivity index (χ2n) is 5.84. The minimum Gasteiger partial charge on any atom is -0.340 e. The number of nitrogens with zero attached hydrogens (tertiary/aromatic N) is 2. The maximum absolute atomic E-state index is 4.50. The van der Waals surface area contributed by atoms with E-state index in [1.165, 1.54) is 22.3 Å². The third kappa shape index (κ3) is 3.36. The van der Waals surface area contributed by atoms with Crippen molar-refractivity contribution in [2.24, 2.45) is 0 Å². The van der Waals surface area contributed by atoms with Gasteiger partial charge in [-0.2, -0.15) is 0 Å². The number of fused-ring (bicyclic) bond motifs is 1. The van der Waals surface area contributed by atoms with E-state index in [4.69, 9.17) is 0 Å². The maximum atomic E-state index is 4.50. The van der Waals surface area contributed by atoms with E-state index in [0.29, 0.717) is 0 Å². The lowest BCUT2D eigenvalue weighted by Crippen LogP contribution is -1.96. The van der Waals surface area contributed by atoms with Crippen LogP contribution in [0, 0.1) is 13.8 Å². The van der Waals surface area contributed by atoms with Crippen molar-refractivity contribution in [1.82, 2.24) is 9.97 Å². The van der Waals surface area contributed by atoms with Gasteiger partial charge in [-0.25, -0.2) is 9.97 Å². The van der Waals surface area contributed by atoms with Gasteiger partial charge in [0.1, 0.15) is 17.0 Å². The van der Waals surface area contributed by atoms with Gasteiger partial charge in [0.05, 0.1) is 5.39 Å². The predicted octanol–water partition coefficient (Wildman–Crippen LogP) is 6.14. The first-order valence-corrected chi connectivity index (χ1v) is 8.72. The molecule has 3 nitrogen and oxygen atoms in total. The van der Waals surface area contributed by atoms with Crippen LogP contribution < -0.4 is 5.32 Å². The van der Waals surface area contributed by atoms with Crippen LogP contribution in [0.4, 0.5) is 11.5 Å². The molecule has 0 unspecified atom stereocenters. The molecule has 0 saturated carbocycles. The van der Waals surface area contributed by atoms with Gasteiger partial charge >= 0.3 is 0 Å². The monoisotopic (exact) mass is 367 g/mol. The molecule has 126 valence electrons. The molecule has 0 aliphatic carbocycles. The first kappa shape index (κ1) is 17.4. The van der Waals surface area contributed by atoms with Gasteiger partial charge in [0.2, 0.25) is 0 Å². The van der Waals surface area contributed by atoms with Gasteiger partial charge in [0, 0.05) is 16.6 Å². The molecular formula is C20H18ClN3S. The second kappa shape index (κ2) is 7.21. The lowest BCUT2D eigenvalue weighted by molar-refractivity contribution is 1.23. The molecule has 25 heavy (non-hydrogen) atoms. The average Bonchev–Trinajstić information content (AvgIpc) is 3.04. The van der Waals surface area contributed by atoms with Crippen molar-refractivity contribution in [2.45, 2.75) is 13.8 Å². The molecule has 4 rings (SSSR count). The fourth-order valence-corrected chi connectivity index (χ4v) is 3.67. The van der Waals surface area contributed by atoms with Gasteiger partial charge in [-0.15, -0.1) is 23.7 Å². The summed E-state index contributed by atoms with van der Waals surface area (Å²) in [5, 5.41) is 6.70. The molecule has 0 aliphatic rings. The van der Waals surface area contributed by atoms with Crippen LogP contribution in [-0.4, -0.2) is 9.97 Å². The van der Waals surface area contributed by atoms with Gasteiger partial charge in [-0.1, -0.05) is 36.4 Å².